The monoisotopic (exact) mass is 268 g/mol. The van der Waals surface area contributed by atoms with E-state index in [0.717, 1.165) is 32.2 Å². The van der Waals surface area contributed by atoms with Crippen molar-refractivity contribution in [3.63, 3.8) is 0 Å². The van der Waals surface area contributed by atoms with Gasteiger partial charge in [-0.25, -0.2) is 4.68 Å². The van der Waals surface area contributed by atoms with Gasteiger partial charge in [-0.3, -0.25) is 10.1 Å². The Morgan fingerprint density at radius 1 is 1.58 bits per heavy atom. The molecule has 0 spiro atoms. The second-order valence-electron chi connectivity index (χ2n) is 4.99. The van der Waals surface area contributed by atoms with E-state index in [0.29, 0.717) is 11.5 Å². The molecular formula is C12H20N4O3. The van der Waals surface area contributed by atoms with Crippen molar-refractivity contribution in [2.24, 2.45) is 7.05 Å². The fourth-order valence-corrected chi connectivity index (χ4v) is 2.91. The molecule has 0 aromatic carbocycles. The number of hydrogen-bond donors (Lipinski definition) is 1. The van der Waals surface area contributed by atoms with Gasteiger partial charge in [0.2, 0.25) is 5.82 Å². The Bertz CT molecular complexity index is 472. The van der Waals surface area contributed by atoms with Crippen LogP contribution in [0, 0.1) is 17.0 Å². The van der Waals surface area contributed by atoms with Gasteiger partial charge in [0.15, 0.2) is 0 Å². The number of nitrogens with zero attached hydrogens (tertiary/aromatic N) is 4. The zero-order valence-electron chi connectivity index (χ0n) is 11.4. The summed E-state index contributed by atoms with van der Waals surface area (Å²) in [6, 6.07) is 0.264. The van der Waals surface area contributed by atoms with E-state index in [1.807, 2.05) is 0 Å². The van der Waals surface area contributed by atoms with Gasteiger partial charge in [-0.15, -0.1) is 0 Å². The molecule has 1 aliphatic rings. The normalized spacial score (nSPS) is 19.1. The van der Waals surface area contributed by atoms with Crippen molar-refractivity contribution in [3.8, 4) is 0 Å². The molecule has 0 aliphatic carbocycles. The van der Waals surface area contributed by atoms with Crippen molar-refractivity contribution in [2.45, 2.75) is 38.6 Å². The van der Waals surface area contributed by atoms with Gasteiger partial charge in [0, 0.05) is 26.2 Å². The second kappa shape index (κ2) is 5.56. The highest BCUT2D eigenvalue weighted by Gasteiger charge is 2.34. The maximum atomic E-state index is 11.2. The van der Waals surface area contributed by atoms with Crippen LogP contribution in [0.4, 0.5) is 11.5 Å². The first-order valence-electron chi connectivity index (χ1n) is 6.61. The van der Waals surface area contributed by atoms with Crippen LogP contribution in [0.25, 0.3) is 0 Å². The van der Waals surface area contributed by atoms with Gasteiger partial charge in [-0.1, -0.05) is 0 Å². The summed E-state index contributed by atoms with van der Waals surface area (Å²) in [6.07, 6.45) is 3.63. The molecule has 106 valence electrons. The van der Waals surface area contributed by atoms with Gasteiger partial charge >= 0.3 is 5.69 Å². The van der Waals surface area contributed by atoms with Gasteiger partial charge in [-0.05, 0) is 32.6 Å². The lowest BCUT2D eigenvalue weighted by Crippen LogP contribution is -2.31. The first-order chi connectivity index (χ1) is 9.06. The smallest absolute Gasteiger partial charge is 0.333 e. The summed E-state index contributed by atoms with van der Waals surface area (Å²) in [5.74, 6) is 0.600. The standard InChI is InChI=1S/C12H20N4O3/c1-9-11(16(18)19)12(14(2)13-9)15-7-3-5-10(15)6-4-8-17/h10,17H,3-8H2,1-2H3. The quantitative estimate of drug-likeness (QED) is 0.644. The van der Waals surface area contributed by atoms with E-state index in [-0.39, 0.29) is 23.3 Å². The Labute approximate surface area is 112 Å². The van der Waals surface area contributed by atoms with Crippen molar-refractivity contribution in [3.05, 3.63) is 15.8 Å². The Hall–Kier alpha value is -1.63. The molecule has 2 heterocycles. The molecule has 1 unspecified atom stereocenters. The van der Waals surface area contributed by atoms with Crippen molar-refractivity contribution in [1.29, 1.82) is 0 Å². The number of anilines is 1. The fraction of sp³-hybridized carbons (Fsp3) is 0.750. The number of aliphatic hydroxyl groups is 1. The third kappa shape index (κ3) is 2.56. The molecule has 1 aromatic rings. The summed E-state index contributed by atoms with van der Waals surface area (Å²) in [6.45, 7) is 2.65. The van der Waals surface area contributed by atoms with Crippen LogP contribution in [-0.4, -0.2) is 39.0 Å². The van der Waals surface area contributed by atoms with Crippen LogP contribution in [0.5, 0.6) is 0 Å². The molecule has 2 rings (SSSR count). The molecule has 1 saturated heterocycles. The lowest BCUT2D eigenvalue weighted by Gasteiger charge is -2.25. The van der Waals surface area contributed by atoms with Crippen LogP contribution in [-0.2, 0) is 7.05 Å². The van der Waals surface area contributed by atoms with E-state index in [2.05, 4.69) is 10.00 Å². The summed E-state index contributed by atoms with van der Waals surface area (Å²) in [5, 5.41) is 24.3. The van der Waals surface area contributed by atoms with Gasteiger partial charge in [0.05, 0.1) is 4.92 Å². The summed E-state index contributed by atoms with van der Waals surface area (Å²) < 4.78 is 1.60. The zero-order chi connectivity index (χ0) is 14.0. The Morgan fingerprint density at radius 2 is 2.32 bits per heavy atom. The van der Waals surface area contributed by atoms with Crippen molar-refractivity contribution in [1.82, 2.24) is 9.78 Å². The average Bonchev–Trinajstić information content (AvgIpc) is 2.90. The van der Waals surface area contributed by atoms with E-state index in [1.165, 1.54) is 0 Å². The van der Waals surface area contributed by atoms with Crippen molar-refractivity contribution >= 4 is 11.5 Å². The number of rotatable bonds is 5. The lowest BCUT2D eigenvalue weighted by atomic mass is 10.1. The molecule has 0 radical (unpaired) electrons. The SMILES string of the molecule is Cc1nn(C)c(N2CCCC2CCCO)c1[N+](=O)[O-]. The van der Waals surface area contributed by atoms with Crippen LogP contribution in [0.2, 0.25) is 0 Å². The van der Waals surface area contributed by atoms with Crippen LogP contribution < -0.4 is 4.90 Å². The van der Waals surface area contributed by atoms with Crippen LogP contribution in [0.3, 0.4) is 0 Å². The Kier molecular flexibility index (Phi) is 4.04. The minimum atomic E-state index is -0.348. The number of aryl methyl sites for hydroxylation is 2. The van der Waals surface area contributed by atoms with Gasteiger partial charge in [0.1, 0.15) is 5.69 Å². The maximum Gasteiger partial charge on any atom is 0.333 e. The average molecular weight is 268 g/mol. The first-order valence-corrected chi connectivity index (χ1v) is 6.61. The lowest BCUT2D eigenvalue weighted by molar-refractivity contribution is -0.384. The molecule has 1 N–H and O–H groups in total. The highest BCUT2D eigenvalue weighted by molar-refractivity contribution is 5.62. The molecule has 0 saturated carbocycles. The van der Waals surface area contributed by atoms with Gasteiger partial charge in [-0.2, -0.15) is 5.10 Å². The highest BCUT2D eigenvalue weighted by atomic mass is 16.6. The van der Waals surface area contributed by atoms with Crippen molar-refractivity contribution < 1.29 is 10.0 Å². The van der Waals surface area contributed by atoms with Gasteiger partial charge < -0.3 is 10.0 Å². The van der Waals surface area contributed by atoms with E-state index in [1.54, 1.807) is 18.7 Å². The van der Waals surface area contributed by atoms with E-state index in [9.17, 15) is 10.1 Å². The molecule has 7 nitrogen and oxygen atoms in total. The molecule has 0 amide bonds. The van der Waals surface area contributed by atoms with Crippen LogP contribution >= 0.6 is 0 Å². The Morgan fingerprint density at radius 3 is 2.95 bits per heavy atom. The summed E-state index contributed by atoms with van der Waals surface area (Å²) in [5.41, 5.74) is 0.564. The van der Waals surface area contributed by atoms with E-state index >= 15 is 0 Å². The molecule has 1 fully saturated rings. The van der Waals surface area contributed by atoms with Crippen LogP contribution in [0.15, 0.2) is 0 Å². The zero-order valence-corrected chi connectivity index (χ0v) is 11.4. The van der Waals surface area contributed by atoms with E-state index in [4.69, 9.17) is 5.11 Å². The number of aromatic nitrogens is 2. The molecular weight excluding hydrogens is 248 g/mol. The summed E-state index contributed by atoms with van der Waals surface area (Å²) in [4.78, 5) is 12.9. The third-order valence-corrected chi connectivity index (χ3v) is 3.69. The molecule has 1 atom stereocenters. The molecule has 1 aromatic heterocycles. The molecule has 7 heteroatoms. The topological polar surface area (TPSA) is 84.4 Å². The number of hydrogen-bond acceptors (Lipinski definition) is 5. The third-order valence-electron chi connectivity index (χ3n) is 3.69. The number of aliphatic hydroxyl groups excluding tert-OH is 1. The highest BCUT2D eigenvalue weighted by Crippen LogP contribution is 2.36. The number of nitro groups is 1. The summed E-state index contributed by atoms with van der Waals surface area (Å²) >= 11 is 0. The minimum Gasteiger partial charge on any atom is -0.396 e. The van der Waals surface area contributed by atoms with Gasteiger partial charge in [0.25, 0.3) is 0 Å². The predicted octanol–water partition coefficient (Wildman–Crippen LogP) is 1.38. The molecule has 0 bridgehead atoms. The molecule has 1 aliphatic heterocycles. The largest absolute Gasteiger partial charge is 0.396 e. The van der Waals surface area contributed by atoms with Crippen molar-refractivity contribution in [2.75, 3.05) is 18.1 Å². The minimum absolute atomic E-state index is 0.110. The fourth-order valence-electron chi connectivity index (χ4n) is 2.91. The second-order valence-corrected chi connectivity index (χ2v) is 4.99. The van der Waals surface area contributed by atoms with Crippen LogP contribution in [0.1, 0.15) is 31.4 Å². The first kappa shape index (κ1) is 13.8. The molecule has 19 heavy (non-hydrogen) atoms. The Balaban J connectivity index is 2.32. The van der Waals surface area contributed by atoms with E-state index < -0.39 is 0 Å². The predicted molar refractivity (Wildman–Crippen MR) is 71.3 cm³/mol. The summed E-state index contributed by atoms with van der Waals surface area (Å²) in [7, 11) is 1.75. The maximum absolute atomic E-state index is 11.2.